The molecule has 1 heterocycles. The van der Waals surface area contributed by atoms with E-state index in [0.717, 1.165) is 30.8 Å². The van der Waals surface area contributed by atoms with Gasteiger partial charge in [0.15, 0.2) is 0 Å². The standard InChI is InChI=1S/C17H26FN3OS/c1-13(14-4-3-5-15(18)12-14)20-7-9-21(10-8-20)17(22)16(19)6-11-23-2/h3-5,12-13,16H,6-11,19H2,1-2H3/t13?,16-/m0/s1. The molecule has 0 aromatic heterocycles. The van der Waals surface area contributed by atoms with E-state index < -0.39 is 6.04 Å². The van der Waals surface area contributed by atoms with Crippen LogP contribution in [0.1, 0.15) is 24.9 Å². The van der Waals surface area contributed by atoms with Gasteiger partial charge in [-0.1, -0.05) is 12.1 Å². The molecule has 4 nitrogen and oxygen atoms in total. The molecule has 1 fully saturated rings. The van der Waals surface area contributed by atoms with Crippen LogP contribution >= 0.6 is 11.8 Å². The maximum atomic E-state index is 13.4. The maximum absolute atomic E-state index is 13.4. The molecule has 6 heteroatoms. The smallest absolute Gasteiger partial charge is 0.239 e. The summed E-state index contributed by atoms with van der Waals surface area (Å²) in [5.41, 5.74) is 6.95. The van der Waals surface area contributed by atoms with Gasteiger partial charge >= 0.3 is 0 Å². The lowest BCUT2D eigenvalue weighted by Gasteiger charge is -2.39. The van der Waals surface area contributed by atoms with Gasteiger partial charge in [0.05, 0.1) is 6.04 Å². The molecule has 0 saturated carbocycles. The Morgan fingerprint density at radius 2 is 2.04 bits per heavy atom. The Morgan fingerprint density at radius 1 is 1.35 bits per heavy atom. The zero-order valence-electron chi connectivity index (χ0n) is 13.9. The number of halogens is 1. The summed E-state index contributed by atoms with van der Waals surface area (Å²) in [6, 6.07) is 6.49. The monoisotopic (exact) mass is 339 g/mol. The quantitative estimate of drug-likeness (QED) is 0.862. The van der Waals surface area contributed by atoms with Crippen molar-refractivity contribution in [3.05, 3.63) is 35.6 Å². The maximum Gasteiger partial charge on any atom is 0.239 e. The summed E-state index contributed by atoms with van der Waals surface area (Å²) < 4.78 is 13.4. The Hall–Kier alpha value is -1.11. The summed E-state index contributed by atoms with van der Waals surface area (Å²) >= 11 is 1.71. The highest BCUT2D eigenvalue weighted by Gasteiger charge is 2.27. The highest BCUT2D eigenvalue weighted by atomic mass is 32.2. The molecule has 1 aromatic rings. The van der Waals surface area contributed by atoms with Crippen molar-refractivity contribution in [2.45, 2.75) is 25.4 Å². The lowest BCUT2D eigenvalue weighted by molar-refractivity contribution is -0.134. The van der Waals surface area contributed by atoms with Crippen molar-refractivity contribution in [1.29, 1.82) is 0 Å². The van der Waals surface area contributed by atoms with Crippen molar-refractivity contribution in [3.8, 4) is 0 Å². The highest BCUT2D eigenvalue weighted by Crippen LogP contribution is 2.22. The fourth-order valence-corrected chi connectivity index (χ4v) is 3.40. The molecule has 1 saturated heterocycles. The molecular formula is C17H26FN3OS. The summed E-state index contributed by atoms with van der Waals surface area (Å²) in [7, 11) is 0. The minimum absolute atomic E-state index is 0.0529. The van der Waals surface area contributed by atoms with E-state index in [1.165, 1.54) is 6.07 Å². The molecule has 1 unspecified atom stereocenters. The number of nitrogens with zero attached hydrogens (tertiary/aromatic N) is 2. The number of thioether (sulfide) groups is 1. The first-order valence-electron chi connectivity index (χ1n) is 8.05. The average Bonchev–Trinajstić information content (AvgIpc) is 2.58. The predicted octanol–water partition coefficient (Wildman–Crippen LogP) is 2.11. The number of hydrogen-bond donors (Lipinski definition) is 1. The van der Waals surface area contributed by atoms with Crippen molar-refractivity contribution in [3.63, 3.8) is 0 Å². The first kappa shape index (κ1) is 18.2. The van der Waals surface area contributed by atoms with E-state index in [4.69, 9.17) is 5.73 Å². The molecule has 1 aliphatic rings. The van der Waals surface area contributed by atoms with Crippen LogP contribution in [-0.4, -0.2) is 59.9 Å². The van der Waals surface area contributed by atoms with Crippen LogP contribution in [0.4, 0.5) is 4.39 Å². The van der Waals surface area contributed by atoms with Gasteiger partial charge in [-0.05, 0) is 43.0 Å². The molecule has 128 valence electrons. The van der Waals surface area contributed by atoms with Gasteiger partial charge in [-0.2, -0.15) is 11.8 Å². The van der Waals surface area contributed by atoms with Gasteiger partial charge in [0.25, 0.3) is 0 Å². The van der Waals surface area contributed by atoms with Crippen LogP contribution < -0.4 is 5.73 Å². The summed E-state index contributed by atoms with van der Waals surface area (Å²) in [5, 5.41) is 0. The number of hydrogen-bond acceptors (Lipinski definition) is 4. The molecule has 0 aliphatic carbocycles. The van der Waals surface area contributed by atoms with Crippen LogP contribution in [-0.2, 0) is 4.79 Å². The summed E-state index contributed by atoms with van der Waals surface area (Å²) in [6.07, 6.45) is 2.74. The third-order valence-corrected chi connectivity index (χ3v) is 5.10. The van der Waals surface area contributed by atoms with E-state index >= 15 is 0 Å². The van der Waals surface area contributed by atoms with Crippen LogP contribution in [0.5, 0.6) is 0 Å². The summed E-state index contributed by atoms with van der Waals surface area (Å²) in [4.78, 5) is 16.5. The molecule has 1 amide bonds. The van der Waals surface area contributed by atoms with Crippen LogP contribution in [0.25, 0.3) is 0 Å². The molecule has 2 rings (SSSR count). The highest BCUT2D eigenvalue weighted by molar-refractivity contribution is 7.98. The third kappa shape index (κ3) is 4.93. The van der Waals surface area contributed by atoms with Gasteiger partial charge in [-0.25, -0.2) is 4.39 Å². The summed E-state index contributed by atoms with van der Waals surface area (Å²) in [6.45, 7) is 5.03. The lowest BCUT2D eigenvalue weighted by atomic mass is 10.1. The van der Waals surface area contributed by atoms with Gasteiger partial charge in [0.1, 0.15) is 5.82 Å². The van der Waals surface area contributed by atoms with Crippen molar-refractivity contribution >= 4 is 17.7 Å². The molecule has 0 spiro atoms. The minimum atomic E-state index is -0.394. The molecule has 23 heavy (non-hydrogen) atoms. The van der Waals surface area contributed by atoms with Crippen molar-refractivity contribution in [2.75, 3.05) is 38.2 Å². The first-order valence-corrected chi connectivity index (χ1v) is 9.45. The third-order valence-electron chi connectivity index (χ3n) is 4.45. The largest absolute Gasteiger partial charge is 0.339 e. The Morgan fingerprint density at radius 3 is 2.65 bits per heavy atom. The van der Waals surface area contributed by atoms with Crippen LogP contribution in [0.15, 0.2) is 24.3 Å². The second-order valence-electron chi connectivity index (χ2n) is 5.98. The second-order valence-corrected chi connectivity index (χ2v) is 6.97. The van der Waals surface area contributed by atoms with Crippen LogP contribution in [0.3, 0.4) is 0 Å². The van der Waals surface area contributed by atoms with Crippen molar-refractivity contribution in [2.24, 2.45) is 5.73 Å². The Balaban J connectivity index is 1.87. The Bertz CT molecular complexity index is 520. The van der Waals surface area contributed by atoms with Gasteiger partial charge in [0, 0.05) is 32.2 Å². The molecular weight excluding hydrogens is 313 g/mol. The van der Waals surface area contributed by atoms with Gasteiger partial charge in [0.2, 0.25) is 5.91 Å². The SMILES string of the molecule is CSCC[C@H](N)C(=O)N1CCN(C(C)c2cccc(F)c2)CC1. The Kier molecular flexibility index (Phi) is 6.87. The number of carbonyl (C=O) groups excluding carboxylic acids is 1. The van der Waals surface area contributed by atoms with Crippen molar-refractivity contribution in [1.82, 2.24) is 9.80 Å². The van der Waals surface area contributed by atoms with Crippen LogP contribution in [0.2, 0.25) is 0 Å². The molecule has 0 bridgehead atoms. The van der Waals surface area contributed by atoms with E-state index in [9.17, 15) is 9.18 Å². The fourth-order valence-electron chi connectivity index (χ4n) is 2.91. The van der Waals surface area contributed by atoms with E-state index in [1.807, 2.05) is 17.2 Å². The van der Waals surface area contributed by atoms with E-state index in [-0.39, 0.29) is 17.8 Å². The topological polar surface area (TPSA) is 49.6 Å². The van der Waals surface area contributed by atoms with Gasteiger partial charge < -0.3 is 10.6 Å². The Labute approximate surface area is 142 Å². The zero-order chi connectivity index (χ0) is 16.8. The van der Waals surface area contributed by atoms with Gasteiger partial charge in [-0.15, -0.1) is 0 Å². The van der Waals surface area contributed by atoms with E-state index in [2.05, 4.69) is 11.8 Å². The number of nitrogens with two attached hydrogens (primary N) is 1. The van der Waals surface area contributed by atoms with Crippen molar-refractivity contribution < 1.29 is 9.18 Å². The molecule has 1 aromatic carbocycles. The lowest BCUT2D eigenvalue weighted by Crippen LogP contribution is -2.53. The fraction of sp³-hybridized carbons (Fsp3) is 0.588. The summed E-state index contributed by atoms with van der Waals surface area (Å²) in [5.74, 6) is 0.753. The van der Waals surface area contributed by atoms with E-state index in [0.29, 0.717) is 13.1 Å². The number of benzene rings is 1. The van der Waals surface area contributed by atoms with E-state index in [1.54, 1.807) is 23.9 Å². The number of amides is 1. The second kappa shape index (κ2) is 8.66. The van der Waals surface area contributed by atoms with Crippen LogP contribution in [0, 0.1) is 5.82 Å². The number of carbonyl (C=O) groups is 1. The molecule has 1 aliphatic heterocycles. The molecule has 2 atom stereocenters. The normalized spacial score (nSPS) is 18.7. The minimum Gasteiger partial charge on any atom is -0.339 e. The first-order chi connectivity index (χ1) is 11.0. The molecule has 2 N–H and O–H groups in total. The number of piperazine rings is 1. The predicted molar refractivity (Wildman–Crippen MR) is 93.9 cm³/mol. The number of rotatable bonds is 6. The average molecular weight is 339 g/mol. The molecule has 0 radical (unpaired) electrons. The zero-order valence-corrected chi connectivity index (χ0v) is 14.7. The van der Waals surface area contributed by atoms with Gasteiger partial charge in [-0.3, -0.25) is 9.69 Å².